The molecule has 0 aliphatic rings. The standard InChI is InChI=1S/C16H23N3O.HI/c1-6-13-20-15-9-7-14(8-10-15)11-12-17-16(18(2)3)19(4)5;/h1,7-10H,11-13H2,2-5H3;1H. The first-order chi connectivity index (χ1) is 9.54. The number of guanidine groups is 1. The molecule has 0 saturated heterocycles. The van der Waals surface area contributed by atoms with Crippen LogP contribution >= 0.6 is 24.0 Å². The minimum absolute atomic E-state index is 0. The predicted octanol–water partition coefficient (Wildman–Crippen LogP) is 2.34. The van der Waals surface area contributed by atoms with Crippen molar-refractivity contribution >= 4 is 29.9 Å². The topological polar surface area (TPSA) is 28.1 Å². The number of halogens is 1. The van der Waals surface area contributed by atoms with E-state index in [1.807, 2.05) is 62.3 Å². The fraction of sp³-hybridized carbons (Fsp3) is 0.438. The van der Waals surface area contributed by atoms with Crippen molar-refractivity contribution in [3.63, 3.8) is 0 Å². The molecule has 0 bridgehead atoms. The average Bonchev–Trinajstić information content (AvgIpc) is 2.41. The van der Waals surface area contributed by atoms with Crippen LogP contribution in [0.25, 0.3) is 0 Å². The molecule has 0 N–H and O–H groups in total. The van der Waals surface area contributed by atoms with Crippen molar-refractivity contribution in [2.75, 3.05) is 41.3 Å². The van der Waals surface area contributed by atoms with Crippen LogP contribution < -0.4 is 4.74 Å². The maximum atomic E-state index is 5.34. The van der Waals surface area contributed by atoms with E-state index in [4.69, 9.17) is 11.2 Å². The van der Waals surface area contributed by atoms with Crippen LogP contribution in [0.4, 0.5) is 0 Å². The molecule has 0 fully saturated rings. The Hall–Kier alpha value is -1.42. The van der Waals surface area contributed by atoms with E-state index in [-0.39, 0.29) is 24.0 Å². The van der Waals surface area contributed by atoms with Gasteiger partial charge in [0.1, 0.15) is 12.4 Å². The largest absolute Gasteiger partial charge is 0.481 e. The van der Waals surface area contributed by atoms with Crippen LogP contribution in [0.2, 0.25) is 0 Å². The molecular formula is C16H24IN3O. The van der Waals surface area contributed by atoms with E-state index in [9.17, 15) is 0 Å². The Morgan fingerprint density at radius 2 is 1.71 bits per heavy atom. The average molecular weight is 401 g/mol. The lowest BCUT2D eigenvalue weighted by atomic mass is 10.1. The molecule has 0 heterocycles. The van der Waals surface area contributed by atoms with Gasteiger partial charge in [-0.3, -0.25) is 4.99 Å². The number of ether oxygens (including phenoxy) is 1. The zero-order chi connectivity index (χ0) is 15.0. The Balaban J connectivity index is 0.00000400. The van der Waals surface area contributed by atoms with E-state index in [1.165, 1.54) is 5.56 Å². The molecule has 1 rings (SSSR count). The first-order valence-corrected chi connectivity index (χ1v) is 6.59. The van der Waals surface area contributed by atoms with E-state index in [0.717, 1.165) is 24.7 Å². The highest BCUT2D eigenvalue weighted by Gasteiger charge is 2.03. The van der Waals surface area contributed by atoms with E-state index in [2.05, 4.69) is 10.9 Å². The lowest BCUT2D eigenvalue weighted by Gasteiger charge is -2.22. The van der Waals surface area contributed by atoms with Gasteiger partial charge in [0.15, 0.2) is 5.96 Å². The Morgan fingerprint density at radius 1 is 1.14 bits per heavy atom. The normalized spacial score (nSPS) is 9.10. The minimum Gasteiger partial charge on any atom is -0.481 e. The van der Waals surface area contributed by atoms with Gasteiger partial charge in [-0.25, -0.2) is 0 Å². The smallest absolute Gasteiger partial charge is 0.195 e. The van der Waals surface area contributed by atoms with Crippen molar-refractivity contribution in [2.45, 2.75) is 6.42 Å². The molecule has 0 spiro atoms. The van der Waals surface area contributed by atoms with Gasteiger partial charge in [-0.1, -0.05) is 18.1 Å². The van der Waals surface area contributed by atoms with Gasteiger partial charge in [-0.05, 0) is 24.1 Å². The summed E-state index contributed by atoms with van der Waals surface area (Å²) in [7, 11) is 7.99. The number of nitrogens with zero attached hydrogens (tertiary/aromatic N) is 3. The molecule has 5 heteroatoms. The monoisotopic (exact) mass is 401 g/mol. The third-order valence-corrected chi connectivity index (χ3v) is 2.70. The molecule has 0 saturated carbocycles. The van der Waals surface area contributed by atoms with Gasteiger partial charge in [0, 0.05) is 34.7 Å². The maximum absolute atomic E-state index is 5.34. The zero-order valence-electron chi connectivity index (χ0n) is 13.2. The third kappa shape index (κ3) is 7.23. The van der Waals surface area contributed by atoms with Crippen molar-refractivity contribution in [1.29, 1.82) is 0 Å². The van der Waals surface area contributed by atoms with Crippen LogP contribution in [-0.2, 0) is 6.42 Å². The number of hydrogen-bond donors (Lipinski definition) is 0. The molecule has 21 heavy (non-hydrogen) atoms. The van der Waals surface area contributed by atoms with Gasteiger partial charge in [0.05, 0.1) is 0 Å². The lowest BCUT2D eigenvalue weighted by molar-refractivity contribution is 0.370. The van der Waals surface area contributed by atoms with Crippen LogP contribution in [0.15, 0.2) is 29.3 Å². The van der Waals surface area contributed by atoms with Gasteiger partial charge in [0.2, 0.25) is 0 Å². The molecule has 0 aliphatic heterocycles. The highest BCUT2D eigenvalue weighted by atomic mass is 127. The second-order valence-corrected chi connectivity index (χ2v) is 4.86. The van der Waals surface area contributed by atoms with E-state index >= 15 is 0 Å². The number of hydrogen-bond acceptors (Lipinski definition) is 2. The van der Waals surface area contributed by atoms with Crippen molar-refractivity contribution < 1.29 is 4.74 Å². The summed E-state index contributed by atoms with van der Waals surface area (Å²) < 4.78 is 5.34. The zero-order valence-corrected chi connectivity index (χ0v) is 15.5. The van der Waals surface area contributed by atoms with Crippen molar-refractivity contribution in [3.8, 4) is 18.1 Å². The van der Waals surface area contributed by atoms with Gasteiger partial charge in [0.25, 0.3) is 0 Å². The van der Waals surface area contributed by atoms with Gasteiger partial charge in [-0.2, -0.15) is 0 Å². The summed E-state index contributed by atoms with van der Waals surface area (Å²) in [5.74, 6) is 4.22. The van der Waals surface area contributed by atoms with E-state index in [0.29, 0.717) is 6.61 Å². The summed E-state index contributed by atoms with van der Waals surface area (Å²) >= 11 is 0. The van der Waals surface area contributed by atoms with Crippen molar-refractivity contribution in [3.05, 3.63) is 29.8 Å². The van der Waals surface area contributed by atoms with Crippen LogP contribution in [-0.4, -0.2) is 57.1 Å². The summed E-state index contributed by atoms with van der Waals surface area (Å²) in [6, 6.07) is 7.98. The molecule has 0 unspecified atom stereocenters. The molecular weight excluding hydrogens is 377 g/mol. The van der Waals surface area contributed by atoms with Crippen molar-refractivity contribution in [1.82, 2.24) is 9.80 Å². The Kier molecular flexibility index (Phi) is 9.63. The second-order valence-electron chi connectivity index (χ2n) is 4.86. The number of terminal acetylenes is 1. The number of rotatable bonds is 5. The first-order valence-electron chi connectivity index (χ1n) is 6.59. The van der Waals surface area contributed by atoms with Crippen molar-refractivity contribution in [2.24, 2.45) is 4.99 Å². The summed E-state index contributed by atoms with van der Waals surface area (Å²) in [6.07, 6.45) is 6.05. The van der Waals surface area contributed by atoms with Gasteiger partial charge >= 0.3 is 0 Å². The molecule has 116 valence electrons. The van der Waals surface area contributed by atoms with Gasteiger partial charge < -0.3 is 14.5 Å². The van der Waals surface area contributed by atoms with Crippen LogP contribution in [0.5, 0.6) is 5.75 Å². The predicted molar refractivity (Wildman–Crippen MR) is 99.6 cm³/mol. The highest BCUT2D eigenvalue weighted by molar-refractivity contribution is 14.0. The summed E-state index contributed by atoms with van der Waals surface area (Å²) in [4.78, 5) is 8.62. The third-order valence-electron chi connectivity index (χ3n) is 2.70. The molecule has 0 aliphatic carbocycles. The molecule has 0 amide bonds. The summed E-state index contributed by atoms with van der Waals surface area (Å²) in [5.41, 5.74) is 1.23. The van der Waals surface area contributed by atoms with E-state index in [1.54, 1.807) is 0 Å². The first kappa shape index (κ1) is 19.6. The lowest BCUT2D eigenvalue weighted by Crippen LogP contribution is -2.35. The van der Waals surface area contributed by atoms with E-state index < -0.39 is 0 Å². The Labute approximate surface area is 145 Å². The number of benzene rings is 1. The molecule has 0 radical (unpaired) electrons. The SMILES string of the molecule is C#CCOc1ccc(CCN=C(N(C)C)N(C)C)cc1.I. The fourth-order valence-electron chi connectivity index (χ4n) is 1.85. The Bertz CT molecular complexity index is 465. The number of aliphatic imine (C=N–C) groups is 1. The highest BCUT2D eigenvalue weighted by Crippen LogP contribution is 2.12. The quantitative estimate of drug-likeness (QED) is 0.328. The Morgan fingerprint density at radius 3 is 2.19 bits per heavy atom. The second kappa shape index (κ2) is 10.3. The minimum atomic E-state index is 0. The van der Waals surface area contributed by atoms with Crippen LogP contribution in [0.3, 0.4) is 0 Å². The maximum Gasteiger partial charge on any atom is 0.195 e. The summed E-state index contributed by atoms with van der Waals surface area (Å²) in [5, 5.41) is 0. The molecule has 0 aromatic heterocycles. The van der Waals surface area contributed by atoms with Crippen LogP contribution in [0.1, 0.15) is 5.56 Å². The molecule has 0 atom stereocenters. The molecule has 1 aromatic carbocycles. The fourth-order valence-corrected chi connectivity index (χ4v) is 1.85. The van der Waals surface area contributed by atoms with Gasteiger partial charge in [-0.15, -0.1) is 30.4 Å². The molecule has 1 aromatic rings. The van der Waals surface area contributed by atoms with Crippen LogP contribution in [0, 0.1) is 12.3 Å². The molecule has 4 nitrogen and oxygen atoms in total. The summed E-state index contributed by atoms with van der Waals surface area (Å²) in [6.45, 7) is 1.06.